The first-order valence-corrected chi connectivity index (χ1v) is 11.3. The highest BCUT2D eigenvalue weighted by molar-refractivity contribution is 7.18. The van der Waals surface area contributed by atoms with Crippen molar-refractivity contribution in [3.8, 4) is 5.82 Å². The molecule has 9 heteroatoms. The van der Waals surface area contributed by atoms with E-state index in [-0.39, 0.29) is 5.91 Å². The van der Waals surface area contributed by atoms with Crippen LogP contribution in [0.15, 0.2) is 42.9 Å². The summed E-state index contributed by atoms with van der Waals surface area (Å²) in [4.78, 5) is 22.5. The van der Waals surface area contributed by atoms with Crippen LogP contribution in [0, 0.1) is 13.8 Å². The molecule has 1 aliphatic heterocycles. The quantitative estimate of drug-likeness (QED) is 0.458. The van der Waals surface area contributed by atoms with E-state index in [1.54, 1.807) is 39.5 Å². The zero-order valence-corrected chi connectivity index (χ0v) is 18.8. The van der Waals surface area contributed by atoms with Gasteiger partial charge in [0.05, 0.1) is 32.0 Å². The van der Waals surface area contributed by atoms with Gasteiger partial charge in [-0.1, -0.05) is 17.7 Å². The van der Waals surface area contributed by atoms with Crippen LogP contribution in [0.2, 0.25) is 5.02 Å². The molecule has 5 rings (SSSR count). The molecule has 1 aromatic carbocycles. The fourth-order valence-electron chi connectivity index (χ4n) is 3.89. The number of amides is 1. The van der Waals surface area contributed by atoms with Gasteiger partial charge in [-0.15, -0.1) is 11.3 Å². The summed E-state index contributed by atoms with van der Waals surface area (Å²) in [5.41, 5.74) is 3.61. The van der Waals surface area contributed by atoms with Crippen molar-refractivity contribution in [2.75, 3.05) is 13.1 Å². The molecule has 158 valence electrons. The number of thiazole rings is 1. The predicted molar refractivity (Wildman–Crippen MR) is 122 cm³/mol. The number of hydrazine groups is 1. The van der Waals surface area contributed by atoms with Gasteiger partial charge in [-0.05, 0) is 49.6 Å². The highest BCUT2D eigenvalue weighted by Crippen LogP contribution is 2.26. The van der Waals surface area contributed by atoms with Crippen LogP contribution < -0.4 is 0 Å². The van der Waals surface area contributed by atoms with Gasteiger partial charge in [0.1, 0.15) is 0 Å². The molecule has 4 aromatic rings. The molecule has 1 aliphatic rings. The van der Waals surface area contributed by atoms with Crippen molar-refractivity contribution in [2.24, 2.45) is 0 Å². The van der Waals surface area contributed by atoms with Crippen LogP contribution >= 0.6 is 22.9 Å². The second kappa shape index (κ2) is 8.03. The highest BCUT2D eigenvalue weighted by atomic mass is 35.5. The van der Waals surface area contributed by atoms with Gasteiger partial charge >= 0.3 is 0 Å². The van der Waals surface area contributed by atoms with Crippen molar-refractivity contribution < 1.29 is 4.79 Å². The second-order valence-electron chi connectivity index (χ2n) is 7.69. The lowest BCUT2D eigenvalue weighted by molar-refractivity contribution is 0.0170. The number of hydrogen-bond donors (Lipinski definition) is 0. The molecular formula is C22H21ClN6OS. The summed E-state index contributed by atoms with van der Waals surface area (Å²) in [7, 11) is 0. The Kier molecular flexibility index (Phi) is 5.21. The number of pyridine rings is 1. The molecule has 1 amide bonds. The Morgan fingerprint density at radius 1 is 1.19 bits per heavy atom. The molecule has 4 heterocycles. The fraction of sp³-hybridized carbons (Fsp3) is 0.273. The molecule has 0 atom stereocenters. The maximum atomic E-state index is 13.6. The molecule has 0 aliphatic carbocycles. The number of benzene rings is 1. The molecule has 0 N–H and O–H groups in total. The van der Waals surface area contributed by atoms with Gasteiger partial charge in [0.25, 0.3) is 5.91 Å². The average molecular weight is 453 g/mol. The van der Waals surface area contributed by atoms with E-state index >= 15 is 0 Å². The summed E-state index contributed by atoms with van der Waals surface area (Å²) >= 11 is 7.89. The number of fused-ring (bicyclic) bond motifs is 1. The molecular weight excluding hydrogens is 432 g/mol. The third kappa shape index (κ3) is 3.94. The Balaban J connectivity index is 1.44. The first-order chi connectivity index (χ1) is 15.0. The zero-order valence-electron chi connectivity index (χ0n) is 17.2. The number of rotatable bonds is 4. The van der Waals surface area contributed by atoms with Crippen molar-refractivity contribution in [3.63, 3.8) is 0 Å². The van der Waals surface area contributed by atoms with Crippen molar-refractivity contribution in [3.05, 3.63) is 69.6 Å². The van der Waals surface area contributed by atoms with Crippen LogP contribution in [0.3, 0.4) is 0 Å². The van der Waals surface area contributed by atoms with Crippen LogP contribution in [-0.2, 0) is 6.54 Å². The molecule has 7 nitrogen and oxygen atoms in total. The summed E-state index contributed by atoms with van der Waals surface area (Å²) < 4.78 is 2.79. The molecule has 1 saturated heterocycles. The van der Waals surface area contributed by atoms with E-state index in [9.17, 15) is 4.79 Å². The first-order valence-electron chi connectivity index (χ1n) is 10.1. The van der Waals surface area contributed by atoms with Crippen LogP contribution in [0.5, 0.6) is 0 Å². The zero-order chi connectivity index (χ0) is 21.5. The predicted octanol–water partition coefficient (Wildman–Crippen LogP) is 4.41. The van der Waals surface area contributed by atoms with E-state index in [4.69, 9.17) is 11.6 Å². The van der Waals surface area contributed by atoms with Gasteiger partial charge in [0.2, 0.25) is 0 Å². The van der Waals surface area contributed by atoms with Crippen LogP contribution in [0.4, 0.5) is 0 Å². The minimum Gasteiger partial charge on any atom is -0.271 e. The van der Waals surface area contributed by atoms with Crippen LogP contribution in [0.25, 0.3) is 16.0 Å². The van der Waals surface area contributed by atoms with Gasteiger partial charge in [-0.25, -0.2) is 19.7 Å². The number of carbonyl (C=O) groups is 1. The van der Waals surface area contributed by atoms with Crippen LogP contribution in [-0.4, -0.2) is 48.8 Å². The van der Waals surface area contributed by atoms with Crippen molar-refractivity contribution >= 4 is 39.1 Å². The van der Waals surface area contributed by atoms with Gasteiger partial charge in [-0.3, -0.25) is 9.80 Å². The molecule has 0 spiro atoms. The van der Waals surface area contributed by atoms with Crippen molar-refractivity contribution in [2.45, 2.75) is 26.8 Å². The fourth-order valence-corrected chi connectivity index (χ4v) is 4.94. The van der Waals surface area contributed by atoms with Crippen molar-refractivity contribution in [1.82, 2.24) is 29.8 Å². The molecule has 3 aromatic heterocycles. The Hall–Kier alpha value is -2.81. The normalized spacial score (nSPS) is 14.6. The summed E-state index contributed by atoms with van der Waals surface area (Å²) in [5, 5.41) is 9.70. The maximum absolute atomic E-state index is 13.6. The topological polar surface area (TPSA) is 67.2 Å². The minimum atomic E-state index is -0.120. The monoisotopic (exact) mass is 452 g/mol. The number of nitrogens with zero attached hydrogens (tertiary/aromatic N) is 6. The molecule has 0 radical (unpaired) electrons. The Labute approximate surface area is 188 Å². The SMILES string of the molecule is Cc1cnn(-c2ncc(Cl)cc2C(=O)N2CCCN2Cc2ccc3nc(C)sc3c2)c1. The van der Waals surface area contributed by atoms with Gasteiger partial charge < -0.3 is 0 Å². The van der Waals surface area contributed by atoms with Crippen LogP contribution in [0.1, 0.15) is 32.9 Å². The van der Waals surface area contributed by atoms with Gasteiger partial charge in [-0.2, -0.15) is 5.10 Å². The number of aryl methyl sites for hydroxylation is 2. The Bertz CT molecular complexity index is 1280. The largest absolute Gasteiger partial charge is 0.272 e. The van der Waals surface area contributed by atoms with E-state index in [0.29, 0.717) is 29.5 Å². The smallest absolute Gasteiger partial charge is 0.271 e. The number of aromatic nitrogens is 4. The number of halogens is 1. The minimum absolute atomic E-state index is 0.120. The lowest BCUT2D eigenvalue weighted by Crippen LogP contribution is -2.41. The van der Waals surface area contributed by atoms with Gasteiger partial charge in [0, 0.05) is 32.0 Å². The molecule has 0 bridgehead atoms. The summed E-state index contributed by atoms with van der Waals surface area (Å²) in [5.74, 6) is 0.362. The number of hydrogen-bond acceptors (Lipinski definition) is 6. The van der Waals surface area contributed by atoms with Crippen molar-refractivity contribution in [1.29, 1.82) is 0 Å². The first kappa shape index (κ1) is 20.1. The summed E-state index contributed by atoms with van der Waals surface area (Å²) in [6, 6.07) is 7.97. The van der Waals surface area contributed by atoms with E-state index in [0.717, 1.165) is 34.6 Å². The molecule has 31 heavy (non-hydrogen) atoms. The van der Waals surface area contributed by atoms with E-state index in [1.165, 1.54) is 4.70 Å². The average Bonchev–Trinajstić information content (AvgIpc) is 3.46. The summed E-state index contributed by atoms with van der Waals surface area (Å²) in [6.07, 6.45) is 6.04. The molecule has 1 fully saturated rings. The third-order valence-corrected chi connectivity index (χ3v) is 6.42. The maximum Gasteiger partial charge on any atom is 0.272 e. The standard InChI is InChI=1S/C22H21ClN6OS/c1-14-10-25-28(12-14)21-18(9-17(23)11-24-21)22(30)29-7-3-6-27(29)13-16-4-5-19-20(8-16)31-15(2)26-19/h4-5,8-12H,3,6-7,13H2,1-2H3. The summed E-state index contributed by atoms with van der Waals surface area (Å²) in [6.45, 7) is 6.09. The second-order valence-corrected chi connectivity index (χ2v) is 9.36. The Morgan fingerprint density at radius 2 is 2.06 bits per heavy atom. The van der Waals surface area contributed by atoms with E-state index < -0.39 is 0 Å². The number of carbonyl (C=O) groups excluding carboxylic acids is 1. The lowest BCUT2D eigenvalue weighted by Gasteiger charge is -2.28. The highest BCUT2D eigenvalue weighted by Gasteiger charge is 2.30. The lowest BCUT2D eigenvalue weighted by atomic mass is 10.2. The molecule has 0 unspecified atom stereocenters. The van der Waals surface area contributed by atoms with Gasteiger partial charge in [0.15, 0.2) is 5.82 Å². The third-order valence-electron chi connectivity index (χ3n) is 5.28. The van der Waals surface area contributed by atoms with E-state index in [1.807, 2.05) is 20.0 Å². The van der Waals surface area contributed by atoms with E-state index in [2.05, 4.69) is 38.3 Å². The Morgan fingerprint density at radius 3 is 2.87 bits per heavy atom. The molecule has 0 saturated carbocycles.